The lowest BCUT2D eigenvalue weighted by atomic mass is 10.1. The van der Waals surface area contributed by atoms with Gasteiger partial charge >= 0.3 is 0 Å². The minimum absolute atomic E-state index is 0.0506. The van der Waals surface area contributed by atoms with E-state index in [1.165, 1.54) is 14.2 Å². The maximum Gasteiger partial charge on any atom is 0.220 e. The van der Waals surface area contributed by atoms with Crippen LogP contribution in [0.3, 0.4) is 0 Å². The summed E-state index contributed by atoms with van der Waals surface area (Å²) in [6.07, 6.45) is 4.03. The lowest BCUT2D eigenvalue weighted by Crippen LogP contribution is -2.23. The van der Waals surface area contributed by atoms with E-state index >= 15 is 0 Å². The number of benzene rings is 2. The fourth-order valence-corrected chi connectivity index (χ4v) is 3.99. The fraction of sp³-hybridized carbons (Fsp3) is 0.462. The van der Waals surface area contributed by atoms with Crippen LogP contribution in [0.1, 0.15) is 49.7 Å². The summed E-state index contributed by atoms with van der Waals surface area (Å²) < 4.78 is 21.0. The van der Waals surface area contributed by atoms with E-state index in [9.17, 15) is 9.59 Å². The molecule has 0 saturated carbocycles. The van der Waals surface area contributed by atoms with Gasteiger partial charge in [-0.05, 0) is 36.1 Å². The standard InChI is InChI=1S/C26H34Cl2N2O6/c1-33-21-11-17(19(27)13-23(21)35-3)15-29-25(31)9-7-5-6-8-10-26(32)30-16-18-12-22(34-2)24(36-4)14-20(18)28/h11-14H,5-10,15-16H2,1-4H3,(H,29,31)(H,30,32). The van der Waals surface area contributed by atoms with Crippen LogP contribution in [0.15, 0.2) is 24.3 Å². The Balaban J connectivity index is 1.63. The molecule has 2 aromatic rings. The van der Waals surface area contributed by atoms with Crippen LogP contribution in [0.2, 0.25) is 10.0 Å². The first-order chi connectivity index (χ1) is 17.3. The van der Waals surface area contributed by atoms with Crippen LogP contribution in [0.4, 0.5) is 0 Å². The van der Waals surface area contributed by atoms with Crippen molar-refractivity contribution < 1.29 is 28.5 Å². The third kappa shape index (κ3) is 8.99. The molecule has 2 amide bonds. The summed E-state index contributed by atoms with van der Waals surface area (Å²) in [5, 5.41) is 6.76. The fourth-order valence-electron chi connectivity index (χ4n) is 3.55. The molecule has 0 fully saturated rings. The van der Waals surface area contributed by atoms with Gasteiger partial charge in [-0.2, -0.15) is 0 Å². The van der Waals surface area contributed by atoms with E-state index in [0.29, 0.717) is 59.0 Å². The molecule has 0 spiro atoms. The third-order valence-corrected chi connectivity index (χ3v) is 6.32. The second-order valence-corrected chi connectivity index (χ2v) is 8.88. The quantitative estimate of drug-likeness (QED) is 0.297. The van der Waals surface area contributed by atoms with Crippen molar-refractivity contribution >= 4 is 35.0 Å². The minimum Gasteiger partial charge on any atom is -0.493 e. The van der Waals surface area contributed by atoms with Gasteiger partial charge in [0, 0.05) is 48.1 Å². The number of rotatable bonds is 15. The number of carbonyl (C=O) groups excluding carboxylic acids is 2. The molecule has 8 nitrogen and oxygen atoms in total. The van der Waals surface area contributed by atoms with Crippen molar-refractivity contribution in [2.24, 2.45) is 0 Å². The third-order valence-electron chi connectivity index (χ3n) is 5.61. The van der Waals surface area contributed by atoms with Gasteiger partial charge in [-0.15, -0.1) is 0 Å². The minimum atomic E-state index is -0.0506. The second kappa shape index (κ2) is 15.3. The van der Waals surface area contributed by atoms with Crippen molar-refractivity contribution in [3.8, 4) is 23.0 Å². The Kier molecular flexibility index (Phi) is 12.5. The molecule has 0 heterocycles. The molecule has 0 aliphatic heterocycles. The Bertz CT molecular complexity index is 950. The maximum absolute atomic E-state index is 12.2. The molecule has 0 unspecified atom stereocenters. The zero-order valence-corrected chi connectivity index (χ0v) is 22.7. The molecule has 0 radical (unpaired) electrons. The van der Waals surface area contributed by atoms with Crippen LogP contribution < -0.4 is 29.6 Å². The van der Waals surface area contributed by atoms with E-state index in [2.05, 4.69) is 10.6 Å². The van der Waals surface area contributed by atoms with E-state index in [-0.39, 0.29) is 11.8 Å². The number of hydrogen-bond acceptors (Lipinski definition) is 6. The number of halogens is 2. The molecule has 36 heavy (non-hydrogen) atoms. The smallest absolute Gasteiger partial charge is 0.220 e. The van der Waals surface area contributed by atoms with Gasteiger partial charge < -0.3 is 29.6 Å². The molecular formula is C26H34Cl2N2O6. The SMILES string of the molecule is COc1cc(Cl)c(CNC(=O)CCCCCCC(=O)NCc2cc(OC)c(OC)cc2Cl)cc1OC. The van der Waals surface area contributed by atoms with Gasteiger partial charge in [0.25, 0.3) is 0 Å². The molecule has 0 saturated heterocycles. The summed E-state index contributed by atoms with van der Waals surface area (Å²) in [6, 6.07) is 6.85. The summed E-state index contributed by atoms with van der Waals surface area (Å²) in [7, 11) is 6.17. The van der Waals surface area contributed by atoms with Crippen LogP contribution in [0.5, 0.6) is 23.0 Å². The Morgan fingerprint density at radius 2 is 0.944 bits per heavy atom. The van der Waals surface area contributed by atoms with E-state index in [1.807, 2.05) is 0 Å². The average Bonchev–Trinajstić information content (AvgIpc) is 2.88. The van der Waals surface area contributed by atoms with Gasteiger partial charge in [0.1, 0.15) is 0 Å². The summed E-state index contributed by atoms with van der Waals surface area (Å²) >= 11 is 12.5. The highest BCUT2D eigenvalue weighted by atomic mass is 35.5. The van der Waals surface area contributed by atoms with Gasteiger partial charge in [0.05, 0.1) is 28.4 Å². The highest BCUT2D eigenvalue weighted by Gasteiger charge is 2.12. The summed E-state index contributed by atoms with van der Waals surface area (Å²) in [4.78, 5) is 24.4. The number of nitrogens with one attached hydrogen (secondary N) is 2. The monoisotopic (exact) mass is 540 g/mol. The molecule has 10 heteroatoms. The van der Waals surface area contributed by atoms with Crippen molar-refractivity contribution in [3.05, 3.63) is 45.4 Å². The average molecular weight is 541 g/mol. The molecule has 0 bridgehead atoms. The van der Waals surface area contributed by atoms with Crippen molar-refractivity contribution in [1.82, 2.24) is 10.6 Å². The highest BCUT2D eigenvalue weighted by molar-refractivity contribution is 6.32. The highest BCUT2D eigenvalue weighted by Crippen LogP contribution is 2.34. The number of hydrogen-bond donors (Lipinski definition) is 2. The number of methoxy groups -OCH3 is 4. The maximum atomic E-state index is 12.2. The topological polar surface area (TPSA) is 95.1 Å². The largest absolute Gasteiger partial charge is 0.493 e. The van der Waals surface area contributed by atoms with Gasteiger partial charge in [-0.1, -0.05) is 36.0 Å². The number of amides is 2. The van der Waals surface area contributed by atoms with Crippen LogP contribution in [-0.4, -0.2) is 40.3 Å². The molecule has 0 aromatic heterocycles. The van der Waals surface area contributed by atoms with Crippen LogP contribution in [0.25, 0.3) is 0 Å². The van der Waals surface area contributed by atoms with E-state index in [4.69, 9.17) is 42.1 Å². The van der Waals surface area contributed by atoms with E-state index in [1.54, 1.807) is 38.5 Å². The molecule has 2 N–H and O–H groups in total. The zero-order valence-electron chi connectivity index (χ0n) is 21.2. The Morgan fingerprint density at radius 1 is 0.611 bits per heavy atom. The Labute approximate surface area is 222 Å². The van der Waals surface area contributed by atoms with E-state index in [0.717, 1.165) is 36.8 Å². The van der Waals surface area contributed by atoms with Crippen molar-refractivity contribution in [2.45, 2.75) is 51.6 Å². The molecule has 2 rings (SSSR count). The van der Waals surface area contributed by atoms with Crippen molar-refractivity contribution in [3.63, 3.8) is 0 Å². The first-order valence-corrected chi connectivity index (χ1v) is 12.4. The number of carbonyl (C=O) groups is 2. The molecule has 2 aromatic carbocycles. The molecule has 198 valence electrons. The lowest BCUT2D eigenvalue weighted by molar-refractivity contribution is -0.122. The normalized spacial score (nSPS) is 10.5. The van der Waals surface area contributed by atoms with Crippen LogP contribution >= 0.6 is 23.2 Å². The number of ether oxygens (including phenoxy) is 4. The Hall–Kier alpha value is -2.84. The summed E-state index contributed by atoms with van der Waals surface area (Å²) in [5.41, 5.74) is 1.51. The number of unbranched alkanes of at least 4 members (excludes halogenated alkanes) is 3. The molecular weight excluding hydrogens is 507 g/mol. The van der Waals surface area contributed by atoms with Gasteiger partial charge in [-0.3, -0.25) is 9.59 Å². The Morgan fingerprint density at radius 3 is 1.28 bits per heavy atom. The van der Waals surface area contributed by atoms with Gasteiger partial charge in [0.15, 0.2) is 23.0 Å². The molecule has 0 aliphatic rings. The van der Waals surface area contributed by atoms with E-state index < -0.39 is 0 Å². The van der Waals surface area contributed by atoms with Crippen molar-refractivity contribution in [2.75, 3.05) is 28.4 Å². The first kappa shape index (κ1) is 29.4. The second-order valence-electron chi connectivity index (χ2n) is 8.06. The van der Waals surface area contributed by atoms with Gasteiger partial charge in [0.2, 0.25) is 11.8 Å². The molecule has 0 aliphatic carbocycles. The molecule has 0 atom stereocenters. The summed E-state index contributed by atoms with van der Waals surface area (Å²) in [5.74, 6) is 2.09. The van der Waals surface area contributed by atoms with Crippen molar-refractivity contribution in [1.29, 1.82) is 0 Å². The predicted octanol–water partition coefficient (Wildman–Crippen LogP) is 5.30. The first-order valence-electron chi connectivity index (χ1n) is 11.7. The zero-order chi connectivity index (χ0) is 26.5. The summed E-state index contributed by atoms with van der Waals surface area (Å²) in [6.45, 7) is 0.616. The lowest BCUT2D eigenvalue weighted by Gasteiger charge is -2.12. The predicted molar refractivity (Wildman–Crippen MR) is 141 cm³/mol. The van der Waals surface area contributed by atoms with Gasteiger partial charge in [-0.25, -0.2) is 0 Å². The van der Waals surface area contributed by atoms with Crippen LogP contribution in [-0.2, 0) is 22.7 Å². The van der Waals surface area contributed by atoms with Crippen LogP contribution in [0, 0.1) is 0 Å².